The van der Waals surface area contributed by atoms with E-state index in [1.165, 1.54) is 0 Å². The molecule has 2 rings (SSSR count). The van der Waals surface area contributed by atoms with E-state index >= 15 is 0 Å². The number of ether oxygens (including phenoxy) is 2. The van der Waals surface area contributed by atoms with Crippen molar-refractivity contribution in [3.8, 4) is 11.5 Å². The second-order valence-electron chi connectivity index (χ2n) is 3.57. The Morgan fingerprint density at radius 3 is 2.73 bits per heavy atom. The van der Waals surface area contributed by atoms with Crippen LogP contribution in [0.5, 0.6) is 11.5 Å². The molecule has 0 aromatic heterocycles. The molecule has 0 aliphatic carbocycles. The van der Waals surface area contributed by atoms with Gasteiger partial charge in [0, 0.05) is 6.54 Å². The summed E-state index contributed by atoms with van der Waals surface area (Å²) in [6, 6.07) is 5.69. The van der Waals surface area contributed by atoms with Gasteiger partial charge in [0.15, 0.2) is 11.5 Å². The first-order valence-corrected chi connectivity index (χ1v) is 5.06. The van der Waals surface area contributed by atoms with Crippen molar-refractivity contribution in [1.29, 1.82) is 0 Å². The summed E-state index contributed by atoms with van der Waals surface area (Å²) in [4.78, 5) is 0. The molecule has 0 bridgehead atoms. The van der Waals surface area contributed by atoms with E-state index in [2.05, 4.69) is 0 Å². The molecule has 1 heterocycles. The lowest BCUT2D eigenvalue weighted by Gasteiger charge is -2.19. The van der Waals surface area contributed by atoms with Crippen LogP contribution in [0.4, 0.5) is 0 Å². The predicted molar refractivity (Wildman–Crippen MR) is 56.2 cm³/mol. The van der Waals surface area contributed by atoms with E-state index in [1.807, 2.05) is 18.2 Å². The maximum Gasteiger partial charge on any atom is 0.161 e. The van der Waals surface area contributed by atoms with E-state index < -0.39 is 6.10 Å². The van der Waals surface area contributed by atoms with Crippen molar-refractivity contribution in [3.63, 3.8) is 0 Å². The van der Waals surface area contributed by atoms with Crippen molar-refractivity contribution < 1.29 is 14.6 Å². The molecule has 0 radical (unpaired) electrons. The highest BCUT2D eigenvalue weighted by molar-refractivity contribution is 5.43. The maximum absolute atomic E-state index is 9.42. The molecule has 1 aliphatic rings. The lowest BCUT2D eigenvalue weighted by atomic mass is 10.1. The molecule has 1 unspecified atom stereocenters. The molecule has 0 saturated heterocycles. The van der Waals surface area contributed by atoms with Gasteiger partial charge in [0.2, 0.25) is 0 Å². The molecule has 1 aromatic rings. The molecule has 1 aliphatic heterocycles. The van der Waals surface area contributed by atoms with E-state index in [0.29, 0.717) is 19.6 Å². The summed E-state index contributed by atoms with van der Waals surface area (Å²) < 4.78 is 10.8. The van der Waals surface area contributed by atoms with Crippen LogP contribution in [-0.4, -0.2) is 31.0 Å². The number of aliphatic hydroxyl groups is 1. The van der Waals surface area contributed by atoms with Crippen LogP contribution in [0.1, 0.15) is 5.56 Å². The number of nitrogens with two attached hydrogens (primary N) is 1. The van der Waals surface area contributed by atoms with Gasteiger partial charge in [-0.25, -0.2) is 0 Å². The zero-order valence-corrected chi connectivity index (χ0v) is 8.48. The Morgan fingerprint density at radius 1 is 1.27 bits per heavy atom. The highest BCUT2D eigenvalue weighted by Gasteiger charge is 2.12. The predicted octanol–water partition coefficient (Wildman–Crippen LogP) is 0.320. The van der Waals surface area contributed by atoms with Gasteiger partial charge in [-0.2, -0.15) is 0 Å². The van der Waals surface area contributed by atoms with Crippen LogP contribution in [0.25, 0.3) is 0 Å². The van der Waals surface area contributed by atoms with E-state index in [0.717, 1.165) is 17.1 Å². The van der Waals surface area contributed by atoms with Crippen molar-refractivity contribution in [1.82, 2.24) is 0 Å². The summed E-state index contributed by atoms with van der Waals surface area (Å²) in [6.07, 6.45) is 0.0557. The van der Waals surface area contributed by atoms with Crippen LogP contribution >= 0.6 is 0 Å². The Kier molecular flexibility index (Phi) is 3.08. The molecule has 4 nitrogen and oxygen atoms in total. The van der Waals surface area contributed by atoms with Gasteiger partial charge in [-0.3, -0.25) is 0 Å². The number of fused-ring (bicyclic) bond motifs is 1. The zero-order chi connectivity index (χ0) is 10.7. The first kappa shape index (κ1) is 10.3. The lowest BCUT2D eigenvalue weighted by Crippen LogP contribution is -2.22. The molecule has 3 N–H and O–H groups in total. The van der Waals surface area contributed by atoms with E-state index in [-0.39, 0.29) is 6.54 Å². The van der Waals surface area contributed by atoms with Gasteiger partial charge in [-0.15, -0.1) is 0 Å². The largest absolute Gasteiger partial charge is 0.486 e. The van der Waals surface area contributed by atoms with Crippen molar-refractivity contribution in [3.05, 3.63) is 23.8 Å². The highest BCUT2D eigenvalue weighted by atomic mass is 16.6. The highest BCUT2D eigenvalue weighted by Crippen LogP contribution is 2.30. The third kappa shape index (κ3) is 2.40. The van der Waals surface area contributed by atoms with Crippen LogP contribution in [0.2, 0.25) is 0 Å². The van der Waals surface area contributed by atoms with Gasteiger partial charge in [-0.1, -0.05) is 6.07 Å². The fourth-order valence-electron chi connectivity index (χ4n) is 1.57. The molecular formula is C11H15NO3. The quantitative estimate of drug-likeness (QED) is 0.752. The summed E-state index contributed by atoms with van der Waals surface area (Å²) in [5.74, 6) is 1.52. The second-order valence-corrected chi connectivity index (χ2v) is 3.57. The van der Waals surface area contributed by atoms with Crippen molar-refractivity contribution in [2.75, 3.05) is 19.8 Å². The Labute approximate surface area is 88.6 Å². The van der Waals surface area contributed by atoms with Gasteiger partial charge < -0.3 is 20.3 Å². The lowest BCUT2D eigenvalue weighted by molar-refractivity contribution is 0.169. The smallest absolute Gasteiger partial charge is 0.161 e. The van der Waals surface area contributed by atoms with Crippen LogP contribution in [0.3, 0.4) is 0 Å². The minimum absolute atomic E-state index is 0.272. The third-order valence-corrected chi connectivity index (χ3v) is 2.35. The van der Waals surface area contributed by atoms with E-state index in [9.17, 15) is 5.11 Å². The molecule has 0 saturated carbocycles. The SMILES string of the molecule is NCC(O)Cc1ccc2c(c1)OCCO2. The molecule has 0 fully saturated rings. The monoisotopic (exact) mass is 209 g/mol. The molecule has 0 spiro atoms. The number of rotatable bonds is 3. The van der Waals surface area contributed by atoms with Gasteiger partial charge >= 0.3 is 0 Å². The molecule has 4 heteroatoms. The Morgan fingerprint density at radius 2 is 2.00 bits per heavy atom. The normalized spacial score (nSPS) is 16.1. The van der Waals surface area contributed by atoms with Gasteiger partial charge in [-0.05, 0) is 24.1 Å². The average molecular weight is 209 g/mol. The van der Waals surface area contributed by atoms with Gasteiger partial charge in [0.05, 0.1) is 6.10 Å². The van der Waals surface area contributed by atoms with Crippen LogP contribution in [-0.2, 0) is 6.42 Å². The zero-order valence-electron chi connectivity index (χ0n) is 8.48. The van der Waals surface area contributed by atoms with Crippen molar-refractivity contribution in [2.24, 2.45) is 5.73 Å². The van der Waals surface area contributed by atoms with Crippen molar-refractivity contribution in [2.45, 2.75) is 12.5 Å². The molecule has 82 valence electrons. The summed E-state index contributed by atoms with van der Waals surface area (Å²) in [6.45, 7) is 1.45. The standard InChI is InChI=1S/C11H15NO3/c12-7-9(13)5-8-1-2-10-11(6-8)15-4-3-14-10/h1-2,6,9,13H,3-5,7,12H2. The number of hydrogen-bond donors (Lipinski definition) is 2. The summed E-state index contributed by atoms with van der Waals surface area (Å²) in [5, 5.41) is 9.42. The summed E-state index contributed by atoms with van der Waals surface area (Å²) >= 11 is 0. The first-order valence-electron chi connectivity index (χ1n) is 5.06. The van der Waals surface area contributed by atoms with Crippen LogP contribution < -0.4 is 15.2 Å². The fourth-order valence-corrected chi connectivity index (χ4v) is 1.57. The minimum Gasteiger partial charge on any atom is -0.486 e. The topological polar surface area (TPSA) is 64.7 Å². The number of benzene rings is 1. The average Bonchev–Trinajstić information content (AvgIpc) is 2.29. The van der Waals surface area contributed by atoms with E-state index in [4.69, 9.17) is 15.2 Å². The van der Waals surface area contributed by atoms with Crippen LogP contribution in [0.15, 0.2) is 18.2 Å². The second kappa shape index (κ2) is 4.51. The fraction of sp³-hybridized carbons (Fsp3) is 0.455. The maximum atomic E-state index is 9.42. The first-order chi connectivity index (χ1) is 7.29. The Hall–Kier alpha value is -1.26. The number of hydrogen-bond acceptors (Lipinski definition) is 4. The van der Waals surface area contributed by atoms with Crippen molar-refractivity contribution >= 4 is 0 Å². The van der Waals surface area contributed by atoms with E-state index in [1.54, 1.807) is 0 Å². The third-order valence-electron chi connectivity index (χ3n) is 2.35. The summed E-state index contributed by atoms with van der Waals surface area (Å²) in [5.41, 5.74) is 6.36. The Bertz CT molecular complexity index is 341. The minimum atomic E-state index is -0.493. The van der Waals surface area contributed by atoms with Gasteiger partial charge in [0.25, 0.3) is 0 Å². The molecule has 1 atom stereocenters. The molecule has 1 aromatic carbocycles. The van der Waals surface area contributed by atoms with Crippen LogP contribution in [0, 0.1) is 0 Å². The van der Waals surface area contributed by atoms with Gasteiger partial charge in [0.1, 0.15) is 13.2 Å². The Balaban J connectivity index is 2.13. The molecular weight excluding hydrogens is 194 g/mol. The summed E-state index contributed by atoms with van der Waals surface area (Å²) in [7, 11) is 0. The molecule has 15 heavy (non-hydrogen) atoms. The molecule has 0 amide bonds. The number of aliphatic hydroxyl groups excluding tert-OH is 1.